The Morgan fingerprint density at radius 1 is 1.02 bits per heavy atom. The fraction of sp³-hybridized carbons (Fsp3) is 0.379. The van der Waals surface area contributed by atoms with Gasteiger partial charge in [0.15, 0.2) is 0 Å². The van der Waals surface area contributed by atoms with Gasteiger partial charge in [-0.2, -0.15) is 13.2 Å². The molecule has 212 valence electrons. The summed E-state index contributed by atoms with van der Waals surface area (Å²) >= 11 is 0. The van der Waals surface area contributed by atoms with Crippen molar-refractivity contribution in [2.75, 3.05) is 13.6 Å². The predicted molar refractivity (Wildman–Crippen MR) is 143 cm³/mol. The van der Waals surface area contributed by atoms with Gasteiger partial charge in [0, 0.05) is 59.8 Å². The molecular weight excluding hydrogens is 525 g/mol. The summed E-state index contributed by atoms with van der Waals surface area (Å²) in [6.45, 7) is 2.75. The Balaban J connectivity index is 0.000000470. The van der Waals surface area contributed by atoms with Crippen LogP contribution >= 0.6 is 0 Å². The maximum Gasteiger partial charge on any atom is 0.490 e. The topological polar surface area (TPSA) is 115 Å². The molecule has 1 aromatic carbocycles. The third-order valence-electron chi connectivity index (χ3n) is 7.34. The van der Waals surface area contributed by atoms with Crippen LogP contribution in [0.1, 0.15) is 71.4 Å². The van der Waals surface area contributed by atoms with Crippen LogP contribution < -0.4 is 5.32 Å². The van der Waals surface area contributed by atoms with Gasteiger partial charge >= 0.3 is 12.1 Å². The van der Waals surface area contributed by atoms with Crippen LogP contribution in [0.15, 0.2) is 48.7 Å². The van der Waals surface area contributed by atoms with Gasteiger partial charge in [-0.1, -0.05) is 38.3 Å². The number of hydrogen-bond acceptors (Lipinski definition) is 4. The fourth-order valence-electron chi connectivity index (χ4n) is 5.02. The molecular formula is C29H31F3N4O4. The lowest BCUT2D eigenvalue weighted by Gasteiger charge is -2.31. The molecule has 0 radical (unpaired) electrons. The van der Waals surface area contributed by atoms with E-state index in [4.69, 9.17) is 9.90 Å². The molecule has 1 aliphatic carbocycles. The van der Waals surface area contributed by atoms with E-state index < -0.39 is 12.1 Å². The van der Waals surface area contributed by atoms with Gasteiger partial charge < -0.3 is 20.3 Å². The van der Waals surface area contributed by atoms with Crippen LogP contribution in [-0.2, 0) is 4.79 Å². The van der Waals surface area contributed by atoms with E-state index in [9.17, 15) is 22.8 Å². The predicted octanol–water partition coefficient (Wildman–Crippen LogP) is 5.63. The number of pyridine rings is 1. The molecule has 11 heteroatoms. The lowest BCUT2D eigenvalue weighted by atomic mass is 9.94. The first-order chi connectivity index (χ1) is 19.0. The number of benzene rings is 1. The van der Waals surface area contributed by atoms with E-state index in [1.54, 1.807) is 6.20 Å². The van der Waals surface area contributed by atoms with Crippen LogP contribution in [0.2, 0.25) is 0 Å². The largest absolute Gasteiger partial charge is 0.490 e. The van der Waals surface area contributed by atoms with Gasteiger partial charge in [0.1, 0.15) is 0 Å². The number of aliphatic carboxylic acids is 1. The Morgan fingerprint density at radius 3 is 2.27 bits per heavy atom. The zero-order valence-electron chi connectivity index (χ0n) is 22.2. The molecule has 3 N–H and O–H groups in total. The summed E-state index contributed by atoms with van der Waals surface area (Å²) < 4.78 is 31.7. The van der Waals surface area contributed by atoms with Crippen molar-refractivity contribution in [2.45, 2.75) is 57.2 Å². The molecule has 1 aliphatic heterocycles. The van der Waals surface area contributed by atoms with Gasteiger partial charge in [-0.3, -0.25) is 14.6 Å². The molecule has 5 rings (SSSR count). The van der Waals surface area contributed by atoms with Crippen molar-refractivity contribution in [1.82, 2.24) is 20.2 Å². The van der Waals surface area contributed by atoms with Crippen molar-refractivity contribution in [1.29, 1.82) is 0 Å². The van der Waals surface area contributed by atoms with Crippen molar-refractivity contribution >= 4 is 17.8 Å². The molecule has 0 bridgehead atoms. The summed E-state index contributed by atoms with van der Waals surface area (Å²) in [6.07, 6.45) is 2.58. The van der Waals surface area contributed by atoms with E-state index in [0.717, 1.165) is 41.1 Å². The zero-order chi connectivity index (χ0) is 29.0. The lowest BCUT2D eigenvalue weighted by Crippen LogP contribution is -2.38. The Kier molecular flexibility index (Phi) is 8.61. The second-order valence-corrected chi connectivity index (χ2v) is 10.1. The monoisotopic (exact) mass is 556 g/mol. The van der Waals surface area contributed by atoms with Gasteiger partial charge in [-0.15, -0.1) is 0 Å². The van der Waals surface area contributed by atoms with E-state index >= 15 is 0 Å². The summed E-state index contributed by atoms with van der Waals surface area (Å²) in [5, 5.41) is 10.1. The normalized spacial score (nSPS) is 17.2. The number of carbonyl (C=O) groups excluding carboxylic acids is 2. The smallest absolute Gasteiger partial charge is 0.475 e. The average Bonchev–Trinajstić information content (AvgIpc) is 3.42. The van der Waals surface area contributed by atoms with E-state index in [0.29, 0.717) is 23.7 Å². The number of nitrogens with one attached hydrogen (secondary N) is 2. The summed E-state index contributed by atoms with van der Waals surface area (Å²) in [6, 6.07) is 13.9. The number of alkyl halides is 3. The van der Waals surface area contributed by atoms with Crippen LogP contribution in [0.5, 0.6) is 0 Å². The molecule has 1 atom stereocenters. The summed E-state index contributed by atoms with van der Waals surface area (Å²) in [5.74, 6) is -2.45. The van der Waals surface area contributed by atoms with Crippen molar-refractivity contribution < 1.29 is 32.7 Å². The highest BCUT2D eigenvalue weighted by Crippen LogP contribution is 2.31. The zero-order valence-corrected chi connectivity index (χ0v) is 22.2. The van der Waals surface area contributed by atoms with Gasteiger partial charge in [-0.25, -0.2) is 4.79 Å². The second kappa shape index (κ2) is 11.9. The minimum absolute atomic E-state index is 0.0293. The maximum atomic E-state index is 13.0. The first-order valence-electron chi connectivity index (χ1n) is 13.1. The first-order valence-corrected chi connectivity index (χ1v) is 13.1. The molecule has 1 fully saturated rings. The maximum absolute atomic E-state index is 13.0. The minimum Gasteiger partial charge on any atom is -0.475 e. The average molecular weight is 557 g/mol. The first kappa shape index (κ1) is 28.8. The summed E-state index contributed by atoms with van der Waals surface area (Å²) in [4.78, 5) is 44.0. The third-order valence-corrected chi connectivity index (χ3v) is 7.34. The quantitative estimate of drug-likeness (QED) is 0.385. The number of fused-ring (bicyclic) bond motifs is 1. The Morgan fingerprint density at radius 2 is 1.68 bits per heavy atom. The third kappa shape index (κ3) is 6.52. The summed E-state index contributed by atoms with van der Waals surface area (Å²) in [7, 11) is 1.92. The molecule has 0 spiro atoms. The van der Waals surface area contributed by atoms with Gasteiger partial charge in [0.25, 0.3) is 11.8 Å². The van der Waals surface area contributed by atoms with Crippen LogP contribution in [0.3, 0.4) is 0 Å². The molecule has 2 aliphatic rings. The Labute approximate surface area is 229 Å². The highest BCUT2D eigenvalue weighted by Gasteiger charge is 2.38. The lowest BCUT2D eigenvalue weighted by molar-refractivity contribution is -0.192. The number of halogens is 3. The van der Waals surface area contributed by atoms with Crippen molar-refractivity contribution in [2.24, 2.45) is 0 Å². The SMILES string of the molecule is CC1CNC(=O)c2cc(-c3ccnc(-c4ccc(C(=O)N(C)C5CCCCC5)cc4)c3)[nH]c21.O=C(O)C(F)(F)F. The number of carboxylic acids is 1. The highest BCUT2D eigenvalue weighted by atomic mass is 19.4. The van der Waals surface area contributed by atoms with Crippen molar-refractivity contribution in [3.63, 3.8) is 0 Å². The fourth-order valence-corrected chi connectivity index (χ4v) is 5.02. The molecule has 3 aromatic rings. The summed E-state index contributed by atoms with van der Waals surface area (Å²) in [5.41, 5.74) is 6.08. The molecule has 3 heterocycles. The number of amides is 2. The Hall–Kier alpha value is -4.15. The number of carbonyl (C=O) groups is 3. The van der Waals surface area contributed by atoms with E-state index in [1.807, 2.05) is 54.4 Å². The number of nitrogens with zero attached hydrogens (tertiary/aromatic N) is 2. The number of hydrogen-bond donors (Lipinski definition) is 3. The number of carboxylic acid groups (broad SMARTS) is 1. The molecule has 0 saturated heterocycles. The Bertz CT molecular complexity index is 1380. The molecule has 8 nitrogen and oxygen atoms in total. The standard InChI is InChI=1S/C27H30N4O2.C2HF3O2/c1-17-16-29-26(32)22-15-24(30-25(17)22)20-12-13-28-23(14-20)18-8-10-19(11-9-18)27(33)31(2)21-6-4-3-5-7-21;3-2(4,5)1(6)7/h8-15,17,21,30H,3-7,16H2,1-2H3,(H,29,32);(H,6,7). The molecule has 40 heavy (non-hydrogen) atoms. The van der Waals surface area contributed by atoms with Crippen LogP contribution in [-0.4, -0.2) is 63.6 Å². The number of H-pyrrole nitrogens is 1. The van der Waals surface area contributed by atoms with Crippen LogP contribution in [0.4, 0.5) is 13.2 Å². The van der Waals surface area contributed by atoms with E-state index in [2.05, 4.69) is 22.2 Å². The van der Waals surface area contributed by atoms with E-state index in [1.165, 1.54) is 19.3 Å². The van der Waals surface area contributed by atoms with Crippen LogP contribution in [0.25, 0.3) is 22.5 Å². The number of aromatic amines is 1. The van der Waals surface area contributed by atoms with Gasteiger partial charge in [-0.05, 0) is 43.2 Å². The van der Waals surface area contributed by atoms with Crippen molar-refractivity contribution in [3.8, 4) is 22.5 Å². The van der Waals surface area contributed by atoms with E-state index in [-0.39, 0.29) is 17.7 Å². The van der Waals surface area contributed by atoms with Gasteiger partial charge in [0.05, 0.1) is 11.3 Å². The minimum atomic E-state index is -5.08. The van der Waals surface area contributed by atoms with Crippen molar-refractivity contribution in [3.05, 3.63) is 65.5 Å². The number of rotatable bonds is 4. The second-order valence-electron chi connectivity index (χ2n) is 10.1. The highest BCUT2D eigenvalue weighted by molar-refractivity contribution is 5.98. The molecule has 2 aromatic heterocycles. The number of aromatic nitrogens is 2. The molecule has 1 unspecified atom stereocenters. The van der Waals surface area contributed by atoms with Gasteiger partial charge in [0.2, 0.25) is 0 Å². The molecule has 1 saturated carbocycles. The molecule has 2 amide bonds. The van der Waals surface area contributed by atoms with Crippen LogP contribution in [0, 0.1) is 0 Å².